The minimum absolute atomic E-state index is 0.0422. The van der Waals surface area contributed by atoms with Crippen LogP contribution in [0.15, 0.2) is 54.6 Å². The van der Waals surface area contributed by atoms with Crippen molar-refractivity contribution in [3.05, 3.63) is 66.0 Å². The SMILES string of the molecule is O=C1CCCC[C@H]1[C@H](Nc1cccc(F)c1)c1ccccc1. The van der Waals surface area contributed by atoms with Gasteiger partial charge in [0.25, 0.3) is 0 Å². The second-order valence-electron chi connectivity index (χ2n) is 5.86. The Bertz CT molecular complexity index is 641. The zero-order chi connectivity index (χ0) is 15.4. The highest BCUT2D eigenvalue weighted by molar-refractivity contribution is 5.83. The lowest BCUT2D eigenvalue weighted by atomic mass is 9.80. The van der Waals surface area contributed by atoms with Crippen LogP contribution < -0.4 is 5.32 Å². The topological polar surface area (TPSA) is 29.1 Å². The summed E-state index contributed by atoms with van der Waals surface area (Å²) in [4.78, 5) is 12.4. The van der Waals surface area contributed by atoms with Crippen LogP contribution in [0.25, 0.3) is 0 Å². The third kappa shape index (κ3) is 3.35. The first-order valence-electron chi connectivity index (χ1n) is 7.84. The fraction of sp³-hybridized carbons (Fsp3) is 0.316. The van der Waals surface area contributed by atoms with Crippen molar-refractivity contribution in [3.8, 4) is 0 Å². The Kier molecular flexibility index (Phi) is 4.52. The van der Waals surface area contributed by atoms with Gasteiger partial charge >= 0.3 is 0 Å². The second kappa shape index (κ2) is 6.73. The summed E-state index contributed by atoms with van der Waals surface area (Å²) in [5, 5.41) is 3.38. The minimum Gasteiger partial charge on any atom is -0.377 e. The van der Waals surface area contributed by atoms with E-state index >= 15 is 0 Å². The van der Waals surface area contributed by atoms with Gasteiger partial charge in [0.05, 0.1) is 6.04 Å². The van der Waals surface area contributed by atoms with E-state index in [0.29, 0.717) is 17.9 Å². The summed E-state index contributed by atoms with van der Waals surface area (Å²) < 4.78 is 13.4. The number of carbonyl (C=O) groups excluding carboxylic acids is 1. The van der Waals surface area contributed by atoms with Gasteiger partial charge in [-0.05, 0) is 36.6 Å². The molecule has 1 N–H and O–H groups in total. The van der Waals surface area contributed by atoms with Gasteiger partial charge in [0.2, 0.25) is 0 Å². The van der Waals surface area contributed by atoms with E-state index in [2.05, 4.69) is 5.32 Å². The largest absolute Gasteiger partial charge is 0.377 e. The molecule has 3 rings (SSSR count). The van der Waals surface area contributed by atoms with Crippen LogP contribution in [-0.4, -0.2) is 5.78 Å². The predicted molar refractivity (Wildman–Crippen MR) is 86.2 cm³/mol. The monoisotopic (exact) mass is 297 g/mol. The highest BCUT2D eigenvalue weighted by Crippen LogP contribution is 2.34. The fourth-order valence-electron chi connectivity index (χ4n) is 3.20. The summed E-state index contributed by atoms with van der Waals surface area (Å²) in [5.41, 5.74) is 1.79. The van der Waals surface area contributed by atoms with Gasteiger partial charge in [0.15, 0.2) is 0 Å². The smallest absolute Gasteiger partial charge is 0.138 e. The Morgan fingerprint density at radius 1 is 1.05 bits per heavy atom. The summed E-state index contributed by atoms with van der Waals surface area (Å²) in [6.07, 6.45) is 3.60. The number of carbonyl (C=O) groups is 1. The lowest BCUT2D eigenvalue weighted by Gasteiger charge is -2.31. The molecule has 22 heavy (non-hydrogen) atoms. The summed E-state index contributed by atoms with van der Waals surface area (Å²) in [6, 6.07) is 16.3. The van der Waals surface area contributed by atoms with E-state index in [1.54, 1.807) is 6.07 Å². The third-order valence-corrected chi connectivity index (χ3v) is 4.31. The number of benzene rings is 2. The van der Waals surface area contributed by atoms with Gasteiger partial charge in [-0.2, -0.15) is 0 Å². The van der Waals surface area contributed by atoms with Crippen LogP contribution in [-0.2, 0) is 4.79 Å². The van der Waals surface area contributed by atoms with E-state index in [1.807, 2.05) is 36.4 Å². The maximum absolute atomic E-state index is 13.4. The number of hydrogen-bond acceptors (Lipinski definition) is 2. The average molecular weight is 297 g/mol. The van der Waals surface area contributed by atoms with Crippen LogP contribution in [0.1, 0.15) is 37.3 Å². The van der Waals surface area contributed by atoms with Gasteiger partial charge in [-0.15, -0.1) is 0 Å². The van der Waals surface area contributed by atoms with Crippen molar-refractivity contribution in [1.82, 2.24) is 0 Å². The number of rotatable bonds is 4. The molecule has 1 aliphatic rings. The minimum atomic E-state index is -0.271. The Balaban J connectivity index is 1.90. The van der Waals surface area contributed by atoms with Gasteiger partial charge in [-0.1, -0.05) is 42.8 Å². The molecule has 1 saturated carbocycles. The van der Waals surface area contributed by atoms with E-state index in [9.17, 15) is 9.18 Å². The zero-order valence-electron chi connectivity index (χ0n) is 12.5. The fourth-order valence-corrected chi connectivity index (χ4v) is 3.20. The van der Waals surface area contributed by atoms with E-state index in [-0.39, 0.29) is 17.8 Å². The van der Waals surface area contributed by atoms with E-state index in [4.69, 9.17) is 0 Å². The Labute approximate surface area is 130 Å². The molecule has 2 aromatic carbocycles. The number of nitrogens with one attached hydrogen (secondary N) is 1. The molecule has 1 aliphatic carbocycles. The first-order valence-corrected chi connectivity index (χ1v) is 7.84. The van der Waals surface area contributed by atoms with E-state index in [0.717, 1.165) is 24.8 Å². The number of Topliss-reactive ketones (excluding diaryl/α,β-unsaturated/α-hetero) is 1. The van der Waals surface area contributed by atoms with Crippen LogP contribution in [0, 0.1) is 11.7 Å². The molecule has 0 heterocycles. The predicted octanol–water partition coefficient (Wildman–Crippen LogP) is 4.74. The summed E-state index contributed by atoms with van der Waals surface area (Å²) >= 11 is 0. The summed E-state index contributed by atoms with van der Waals surface area (Å²) in [5.74, 6) is -0.00444. The highest BCUT2D eigenvalue weighted by atomic mass is 19.1. The molecule has 2 aromatic rings. The maximum Gasteiger partial charge on any atom is 0.138 e. The van der Waals surface area contributed by atoms with Gasteiger partial charge in [0.1, 0.15) is 11.6 Å². The molecule has 0 saturated heterocycles. The van der Waals surface area contributed by atoms with Crippen molar-refractivity contribution >= 4 is 11.5 Å². The van der Waals surface area contributed by atoms with Crippen molar-refractivity contribution in [2.75, 3.05) is 5.32 Å². The lowest BCUT2D eigenvalue weighted by Crippen LogP contribution is -2.30. The molecule has 0 aliphatic heterocycles. The number of hydrogen-bond donors (Lipinski definition) is 1. The number of anilines is 1. The standard InChI is InChI=1S/C19H20FNO/c20-15-9-6-10-16(13-15)21-19(14-7-2-1-3-8-14)17-11-4-5-12-18(17)22/h1-3,6-10,13,17,19,21H,4-5,11-12H2/t17-,19-/m1/s1. The Hall–Kier alpha value is -2.16. The highest BCUT2D eigenvalue weighted by Gasteiger charge is 2.31. The molecular weight excluding hydrogens is 277 g/mol. The Morgan fingerprint density at radius 3 is 2.59 bits per heavy atom. The number of ketones is 1. The molecule has 114 valence electrons. The Morgan fingerprint density at radius 2 is 1.86 bits per heavy atom. The normalized spacial score (nSPS) is 19.7. The van der Waals surface area contributed by atoms with Crippen molar-refractivity contribution < 1.29 is 9.18 Å². The quantitative estimate of drug-likeness (QED) is 0.883. The molecule has 0 radical (unpaired) electrons. The molecule has 0 bridgehead atoms. The number of halogens is 1. The zero-order valence-corrected chi connectivity index (χ0v) is 12.5. The van der Waals surface area contributed by atoms with Crippen molar-refractivity contribution in [3.63, 3.8) is 0 Å². The van der Waals surface area contributed by atoms with Crippen molar-refractivity contribution in [2.24, 2.45) is 5.92 Å². The molecule has 0 unspecified atom stereocenters. The second-order valence-corrected chi connectivity index (χ2v) is 5.86. The van der Waals surface area contributed by atoms with Gasteiger partial charge in [-0.3, -0.25) is 4.79 Å². The average Bonchev–Trinajstić information content (AvgIpc) is 2.54. The maximum atomic E-state index is 13.4. The summed E-state index contributed by atoms with van der Waals surface area (Å²) in [7, 11) is 0. The molecule has 2 atom stereocenters. The van der Waals surface area contributed by atoms with Crippen LogP contribution in [0.2, 0.25) is 0 Å². The van der Waals surface area contributed by atoms with Gasteiger partial charge in [0, 0.05) is 18.0 Å². The van der Waals surface area contributed by atoms with Crippen molar-refractivity contribution in [2.45, 2.75) is 31.7 Å². The third-order valence-electron chi connectivity index (χ3n) is 4.31. The van der Waals surface area contributed by atoms with Gasteiger partial charge < -0.3 is 5.32 Å². The van der Waals surface area contributed by atoms with Crippen molar-refractivity contribution in [1.29, 1.82) is 0 Å². The molecule has 0 spiro atoms. The molecular formula is C19H20FNO. The lowest BCUT2D eigenvalue weighted by molar-refractivity contribution is -0.125. The first-order chi connectivity index (χ1) is 10.7. The molecule has 0 amide bonds. The van der Waals surface area contributed by atoms with E-state index < -0.39 is 0 Å². The molecule has 2 nitrogen and oxygen atoms in total. The van der Waals surface area contributed by atoms with Crippen LogP contribution in [0.3, 0.4) is 0 Å². The molecule has 0 aromatic heterocycles. The van der Waals surface area contributed by atoms with E-state index in [1.165, 1.54) is 12.1 Å². The van der Waals surface area contributed by atoms with Crippen LogP contribution >= 0.6 is 0 Å². The van der Waals surface area contributed by atoms with Crippen LogP contribution in [0.5, 0.6) is 0 Å². The summed E-state index contributed by atoms with van der Waals surface area (Å²) in [6.45, 7) is 0. The van der Waals surface area contributed by atoms with Crippen LogP contribution in [0.4, 0.5) is 10.1 Å². The molecule has 3 heteroatoms. The van der Waals surface area contributed by atoms with Gasteiger partial charge in [-0.25, -0.2) is 4.39 Å². The first kappa shape index (κ1) is 14.8. The molecule has 1 fully saturated rings.